The van der Waals surface area contributed by atoms with E-state index < -0.39 is 11.7 Å². The number of nitrogens with one attached hydrogen (secondary N) is 1. The van der Waals surface area contributed by atoms with Crippen LogP contribution in [0.1, 0.15) is 37.3 Å². The number of rotatable bonds is 7. The molecule has 1 aliphatic heterocycles. The number of piperidine rings is 1. The number of methoxy groups -OCH3 is 1. The van der Waals surface area contributed by atoms with E-state index in [0.717, 1.165) is 43.5 Å². The van der Waals surface area contributed by atoms with Crippen LogP contribution in [0, 0.1) is 5.92 Å². The molecule has 0 aliphatic carbocycles. The van der Waals surface area contributed by atoms with Crippen LogP contribution in [0.15, 0.2) is 60.7 Å². The van der Waals surface area contributed by atoms with Crippen molar-refractivity contribution in [3.63, 3.8) is 0 Å². The summed E-state index contributed by atoms with van der Waals surface area (Å²) in [6.45, 7) is 3.91. The molecule has 0 bridgehead atoms. The third-order valence-corrected chi connectivity index (χ3v) is 5.55. The number of hydrogen-bond donors (Lipinski definition) is 1. The molecule has 3 rings (SSSR count). The second-order valence-corrected chi connectivity index (χ2v) is 7.06. The monoisotopic (exact) mass is 367 g/mol. The van der Waals surface area contributed by atoms with Gasteiger partial charge in [0, 0.05) is 0 Å². The van der Waals surface area contributed by atoms with Crippen LogP contribution in [-0.4, -0.2) is 32.3 Å². The van der Waals surface area contributed by atoms with Gasteiger partial charge in [0.2, 0.25) is 0 Å². The lowest BCUT2D eigenvalue weighted by atomic mass is 9.82. The third kappa shape index (κ3) is 4.23. The molecular formula is C23H29NO3. The van der Waals surface area contributed by atoms with Gasteiger partial charge in [-0.3, -0.25) is 0 Å². The molecule has 1 fully saturated rings. The van der Waals surface area contributed by atoms with E-state index in [1.807, 2.05) is 36.4 Å². The van der Waals surface area contributed by atoms with Crippen LogP contribution >= 0.6 is 0 Å². The topological polar surface area (TPSA) is 47.6 Å². The van der Waals surface area contributed by atoms with Gasteiger partial charge in [0.15, 0.2) is 6.10 Å². The van der Waals surface area contributed by atoms with Crippen LogP contribution in [-0.2, 0) is 19.9 Å². The Kier molecular flexibility index (Phi) is 6.64. The van der Waals surface area contributed by atoms with E-state index in [2.05, 4.69) is 36.5 Å². The SMILES string of the molecule is CCC(OC(C(=O)OC)C1CCNCC1)(c1ccccc1)c1ccccc1. The number of carbonyl (C=O) groups is 1. The zero-order valence-corrected chi connectivity index (χ0v) is 16.2. The van der Waals surface area contributed by atoms with E-state index in [1.165, 1.54) is 7.11 Å². The first kappa shape index (κ1) is 19.6. The van der Waals surface area contributed by atoms with Gasteiger partial charge < -0.3 is 14.8 Å². The maximum absolute atomic E-state index is 12.7. The van der Waals surface area contributed by atoms with Crippen molar-refractivity contribution in [2.45, 2.75) is 37.9 Å². The Morgan fingerprint density at radius 2 is 1.56 bits per heavy atom. The molecule has 1 atom stereocenters. The van der Waals surface area contributed by atoms with Crippen molar-refractivity contribution >= 4 is 5.97 Å². The summed E-state index contributed by atoms with van der Waals surface area (Å²) in [5.41, 5.74) is 1.43. The highest BCUT2D eigenvalue weighted by molar-refractivity contribution is 5.75. The van der Waals surface area contributed by atoms with Crippen LogP contribution < -0.4 is 5.32 Å². The first-order chi connectivity index (χ1) is 13.2. The Bertz CT molecular complexity index is 671. The summed E-state index contributed by atoms with van der Waals surface area (Å²) in [4.78, 5) is 12.7. The fourth-order valence-electron chi connectivity index (χ4n) is 4.03. The molecule has 4 heteroatoms. The van der Waals surface area contributed by atoms with Gasteiger partial charge in [-0.05, 0) is 49.4 Å². The predicted octanol–water partition coefficient (Wildman–Crippen LogP) is 3.90. The van der Waals surface area contributed by atoms with Crippen LogP contribution in [0.4, 0.5) is 0 Å². The largest absolute Gasteiger partial charge is 0.467 e. The fourth-order valence-corrected chi connectivity index (χ4v) is 4.03. The molecule has 4 nitrogen and oxygen atoms in total. The molecule has 0 saturated carbocycles. The van der Waals surface area contributed by atoms with E-state index in [1.54, 1.807) is 0 Å². The van der Waals surface area contributed by atoms with Crippen molar-refractivity contribution in [1.29, 1.82) is 0 Å². The number of carbonyl (C=O) groups excluding carboxylic acids is 1. The Hall–Kier alpha value is -2.17. The van der Waals surface area contributed by atoms with Crippen molar-refractivity contribution < 1.29 is 14.3 Å². The van der Waals surface area contributed by atoms with Gasteiger partial charge in [0.05, 0.1) is 7.11 Å². The maximum Gasteiger partial charge on any atom is 0.335 e. The van der Waals surface area contributed by atoms with Gasteiger partial charge in [0.25, 0.3) is 0 Å². The molecule has 0 radical (unpaired) electrons. The summed E-state index contributed by atoms with van der Waals surface area (Å²) in [5, 5.41) is 3.36. The molecule has 1 heterocycles. The Morgan fingerprint density at radius 1 is 1.04 bits per heavy atom. The molecule has 2 aromatic rings. The standard InChI is InChI=1S/C23H29NO3/c1-3-23(19-10-6-4-7-11-19,20-12-8-5-9-13-20)27-21(22(25)26-2)18-14-16-24-17-15-18/h4-13,18,21,24H,3,14-17H2,1-2H3. The van der Waals surface area contributed by atoms with Crippen LogP contribution in [0.5, 0.6) is 0 Å². The average molecular weight is 367 g/mol. The summed E-state index contributed by atoms with van der Waals surface area (Å²) in [6.07, 6.45) is 1.95. The first-order valence-corrected chi connectivity index (χ1v) is 9.78. The molecule has 27 heavy (non-hydrogen) atoms. The van der Waals surface area contributed by atoms with Gasteiger partial charge in [-0.1, -0.05) is 67.6 Å². The maximum atomic E-state index is 12.7. The Labute approximate surface area is 161 Å². The second kappa shape index (κ2) is 9.16. The zero-order valence-electron chi connectivity index (χ0n) is 16.2. The van der Waals surface area contributed by atoms with Crippen molar-refractivity contribution in [2.24, 2.45) is 5.92 Å². The Balaban J connectivity index is 2.04. The van der Waals surface area contributed by atoms with Crippen molar-refractivity contribution in [1.82, 2.24) is 5.32 Å². The average Bonchev–Trinajstić information content (AvgIpc) is 2.76. The predicted molar refractivity (Wildman–Crippen MR) is 106 cm³/mol. The molecular weight excluding hydrogens is 338 g/mol. The highest BCUT2D eigenvalue weighted by atomic mass is 16.6. The molecule has 2 aromatic carbocycles. The van der Waals surface area contributed by atoms with Crippen LogP contribution in [0.25, 0.3) is 0 Å². The highest BCUT2D eigenvalue weighted by Gasteiger charge is 2.42. The molecule has 0 amide bonds. The summed E-state index contributed by atoms with van der Waals surface area (Å²) in [6, 6.07) is 20.4. The minimum atomic E-state index is -0.688. The number of esters is 1. The fraction of sp³-hybridized carbons (Fsp3) is 0.435. The summed E-state index contributed by atoms with van der Waals surface area (Å²) < 4.78 is 11.9. The number of benzene rings is 2. The molecule has 144 valence electrons. The van der Waals surface area contributed by atoms with Gasteiger partial charge in [-0.25, -0.2) is 4.79 Å². The summed E-state index contributed by atoms with van der Waals surface area (Å²) in [7, 11) is 1.44. The van der Waals surface area contributed by atoms with E-state index in [9.17, 15) is 4.79 Å². The highest BCUT2D eigenvalue weighted by Crippen LogP contribution is 2.40. The molecule has 1 N–H and O–H groups in total. The molecule has 1 aliphatic rings. The molecule has 1 saturated heterocycles. The Morgan fingerprint density at radius 3 is 2.00 bits per heavy atom. The zero-order chi connectivity index (χ0) is 19.1. The van der Waals surface area contributed by atoms with E-state index in [-0.39, 0.29) is 11.9 Å². The van der Waals surface area contributed by atoms with Crippen molar-refractivity contribution in [3.05, 3.63) is 71.8 Å². The number of ether oxygens (including phenoxy) is 2. The number of hydrogen-bond acceptors (Lipinski definition) is 4. The lowest BCUT2D eigenvalue weighted by molar-refractivity contribution is -0.173. The molecule has 0 aromatic heterocycles. The lowest BCUT2D eigenvalue weighted by Gasteiger charge is -2.40. The third-order valence-electron chi connectivity index (χ3n) is 5.55. The van der Waals surface area contributed by atoms with E-state index >= 15 is 0 Å². The molecule has 0 spiro atoms. The summed E-state index contributed by atoms with van der Waals surface area (Å²) in [5.74, 6) is -0.136. The van der Waals surface area contributed by atoms with Crippen molar-refractivity contribution in [2.75, 3.05) is 20.2 Å². The smallest absolute Gasteiger partial charge is 0.335 e. The lowest BCUT2D eigenvalue weighted by Crippen LogP contribution is -2.45. The van der Waals surface area contributed by atoms with Gasteiger partial charge in [0.1, 0.15) is 5.60 Å². The quantitative estimate of drug-likeness (QED) is 0.754. The first-order valence-electron chi connectivity index (χ1n) is 9.78. The van der Waals surface area contributed by atoms with Crippen LogP contribution in [0.2, 0.25) is 0 Å². The van der Waals surface area contributed by atoms with Gasteiger partial charge in [-0.15, -0.1) is 0 Å². The van der Waals surface area contributed by atoms with Crippen LogP contribution in [0.3, 0.4) is 0 Å². The minimum absolute atomic E-state index is 0.150. The summed E-state index contributed by atoms with van der Waals surface area (Å²) >= 11 is 0. The minimum Gasteiger partial charge on any atom is -0.467 e. The van der Waals surface area contributed by atoms with E-state index in [0.29, 0.717) is 0 Å². The van der Waals surface area contributed by atoms with Gasteiger partial charge in [-0.2, -0.15) is 0 Å². The second-order valence-electron chi connectivity index (χ2n) is 7.06. The van der Waals surface area contributed by atoms with Gasteiger partial charge >= 0.3 is 5.97 Å². The van der Waals surface area contributed by atoms with Crippen molar-refractivity contribution in [3.8, 4) is 0 Å². The van der Waals surface area contributed by atoms with E-state index in [4.69, 9.17) is 9.47 Å². The normalized spacial score (nSPS) is 16.7. The molecule has 1 unspecified atom stereocenters.